The summed E-state index contributed by atoms with van der Waals surface area (Å²) in [6.07, 6.45) is 20.7. The predicted molar refractivity (Wildman–Crippen MR) is 188 cm³/mol. The van der Waals surface area contributed by atoms with E-state index in [1.807, 2.05) is 0 Å². The molecule has 0 aliphatic rings. The largest absolute Gasteiger partial charge is 0.0679 e. The third kappa shape index (κ3) is 9.84. The van der Waals surface area contributed by atoms with Gasteiger partial charge in [-0.25, -0.2) is 0 Å². The molecule has 0 radical (unpaired) electrons. The maximum atomic E-state index is 4.59. The third-order valence-electron chi connectivity index (χ3n) is 7.82. The molecular formula is C34H50Br2P2. The fourth-order valence-corrected chi connectivity index (χ4v) is 13.4. The van der Waals surface area contributed by atoms with Gasteiger partial charge in [-0.1, -0.05) is 49.6 Å². The van der Waals surface area contributed by atoms with Gasteiger partial charge < -0.3 is 0 Å². The zero-order valence-corrected chi connectivity index (χ0v) is 28.8. The summed E-state index contributed by atoms with van der Waals surface area (Å²) in [5.41, 5.74) is 0. The molecule has 0 spiro atoms. The summed E-state index contributed by atoms with van der Waals surface area (Å²) in [5, 5.41) is 1.59. The van der Waals surface area contributed by atoms with Crippen LogP contribution >= 0.6 is 44.2 Å². The average Bonchev–Trinajstić information content (AvgIpc) is 2.99. The summed E-state index contributed by atoms with van der Waals surface area (Å²) >= 11 is 7.44. The van der Waals surface area contributed by atoms with Gasteiger partial charge in [-0.2, -0.15) is 0 Å². The summed E-state index contributed by atoms with van der Waals surface area (Å²) in [6, 6.07) is 33.7. The van der Waals surface area contributed by atoms with Crippen molar-refractivity contribution in [2.24, 2.45) is 0 Å². The zero-order chi connectivity index (χ0) is 27.4. The summed E-state index contributed by atoms with van der Waals surface area (Å²) in [6.45, 7) is 2.30. The van der Waals surface area contributed by atoms with E-state index in [1.54, 1.807) is 0 Å². The molecule has 0 aliphatic heterocycles. The van der Waals surface area contributed by atoms with Crippen LogP contribution in [0.4, 0.5) is 0 Å². The summed E-state index contributed by atoms with van der Waals surface area (Å²) in [4.78, 5) is 0. The van der Waals surface area contributed by atoms with Crippen molar-refractivity contribution >= 4 is 60.1 Å². The molecule has 0 bridgehead atoms. The third-order valence-corrected chi connectivity index (χ3v) is 17.8. The molecular weight excluding hydrogens is 630 g/mol. The Labute approximate surface area is 252 Å². The first-order chi connectivity index (χ1) is 18.7. The number of halogens is 2. The molecule has 0 aliphatic carbocycles. The molecule has 1 atom stereocenters. The van der Waals surface area contributed by atoms with Crippen LogP contribution in [0.2, 0.25) is 0 Å². The number of hydrogen-bond donors (Lipinski definition) is 0. The second-order valence-corrected chi connectivity index (χ2v) is 19.6. The van der Waals surface area contributed by atoms with E-state index >= 15 is 0 Å². The molecule has 38 heavy (non-hydrogen) atoms. The maximum absolute atomic E-state index is 4.59. The van der Waals surface area contributed by atoms with Gasteiger partial charge in [0.15, 0.2) is 0 Å². The predicted octanol–water partition coefficient (Wildman–Crippen LogP) is 11.5. The van der Waals surface area contributed by atoms with E-state index in [-0.39, 0.29) is 0 Å². The minimum atomic E-state index is -2.73. The van der Waals surface area contributed by atoms with Crippen LogP contribution in [0.25, 0.3) is 0 Å². The quantitative estimate of drug-likeness (QED) is 0.0927. The van der Waals surface area contributed by atoms with Gasteiger partial charge in [0.25, 0.3) is 0 Å². The Balaban J connectivity index is 0.00000247. The SMILES string of the molecule is CCCCCCCCCCCCCCCCP(Br)(c1ccccc1)(c1ccccc1)c1ccccc1.PBr. The number of rotatable bonds is 18. The van der Waals surface area contributed by atoms with Crippen molar-refractivity contribution in [3.05, 3.63) is 91.0 Å². The molecule has 3 aromatic carbocycles. The monoisotopic (exact) mass is 678 g/mol. The van der Waals surface area contributed by atoms with Crippen LogP contribution in [0.15, 0.2) is 91.0 Å². The van der Waals surface area contributed by atoms with Crippen LogP contribution in [-0.2, 0) is 0 Å². The standard InChI is InChI=1S/C34H48BrP.BrH2P/c1-2-3-4-5-6-7-8-9-10-11-12-13-14-24-31-36(35,32-25-18-15-19-26-32,33-27-20-16-21-28-33)34-29-22-17-23-30-34;1-2/h15-23,25-30H,2-14,24,31H2,1H3;2H2. The van der Waals surface area contributed by atoms with Crippen molar-refractivity contribution in [1.29, 1.82) is 0 Å². The maximum Gasteiger partial charge on any atom is -0.0652 e. The number of hydrogen-bond acceptors (Lipinski definition) is 0. The smallest absolute Gasteiger partial charge is 0.0652 e. The Morgan fingerprint density at radius 3 is 1.00 bits per heavy atom. The van der Waals surface area contributed by atoms with Gasteiger partial charge in [-0.15, -0.1) is 0 Å². The van der Waals surface area contributed by atoms with Crippen LogP contribution in [0.5, 0.6) is 0 Å². The molecule has 0 amide bonds. The van der Waals surface area contributed by atoms with E-state index in [1.165, 1.54) is 112 Å². The molecule has 0 heterocycles. The van der Waals surface area contributed by atoms with Gasteiger partial charge in [0.05, 0.1) is 0 Å². The van der Waals surface area contributed by atoms with Crippen LogP contribution < -0.4 is 15.9 Å². The van der Waals surface area contributed by atoms with Gasteiger partial charge in [0, 0.05) is 0 Å². The molecule has 3 rings (SSSR count). The van der Waals surface area contributed by atoms with Crippen molar-refractivity contribution in [2.45, 2.75) is 96.8 Å². The molecule has 210 valence electrons. The number of benzene rings is 3. The molecule has 0 fully saturated rings. The first-order valence-corrected chi connectivity index (χ1v) is 22.4. The van der Waals surface area contributed by atoms with Gasteiger partial charge in [0.2, 0.25) is 0 Å². The second-order valence-electron chi connectivity index (χ2n) is 10.5. The van der Waals surface area contributed by atoms with Gasteiger partial charge in [-0.05, 0) is 0 Å². The molecule has 0 saturated heterocycles. The van der Waals surface area contributed by atoms with Crippen LogP contribution in [0.3, 0.4) is 0 Å². The van der Waals surface area contributed by atoms with E-state index < -0.39 is 5.31 Å². The minimum Gasteiger partial charge on any atom is -0.0679 e. The van der Waals surface area contributed by atoms with E-state index in [0.717, 1.165) is 0 Å². The molecule has 0 N–H and O–H groups in total. The van der Waals surface area contributed by atoms with Crippen molar-refractivity contribution in [2.75, 3.05) is 6.16 Å². The molecule has 1 unspecified atom stereocenters. The molecule has 3 aromatic rings. The Morgan fingerprint density at radius 1 is 0.447 bits per heavy atom. The van der Waals surface area contributed by atoms with E-state index in [0.29, 0.717) is 0 Å². The Kier molecular flexibility index (Phi) is 17.3. The second kappa shape index (κ2) is 19.5. The molecule has 0 nitrogen and oxygen atoms in total. The van der Waals surface area contributed by atoms with Crippen molar-refractivity contribution in [3.63, 3.8) is 0 Å². The Morgan fingerprint density at radius 2 is 0.711 bits per heavy atom. The first-order valence-electron chi connectivity index (χ1n) is 14.8. The topological polar surface area (TPSA) is 0 Å². The van der Waals surface area contributed by atoms with Crippen molar-refractivity contribution in [1.82, 2.24) is 0 Å². The van der Waals surface area contributed by atoms with E-state index in [4.69, 9.17) is 0 Å². The van der Waals surface area contributed by atoms with E-state index in [9.17, 15) is 0 Å². The van der Waals surface area contributed by atoms with E-state index in [2.05, 4.69) is 137 Å². The molecule has 4 heteroatoms. The van der Waals surface area contributed by atoms with Crippen LogP contribution in [0.1, 0.15) is 96.8 Å². The fraction of sp³-hybridized carbons (Fsp3) is 0.471. The van der Waals surface area contributed by atoms with Crippen molar-refractivity contribution < 1.29 is 0 Å². The molecule has 0 aromatic heterocycles. The summed E-state index contributed by atoms with van der Waals surface area (Å²) in [7, 11) is 2.23. The number of unbranched alkanes of at least 4 members (excludes halogenated alkanes) is 13. The van der Waals surface area contributed by atoms with Gasteiger partial charge in [-0.3, -0.25) is 0 Å². The molecule has 0 saturated carbocycles. The normalized spacial score (nSPS) is 12.3. The van der Waals surface area contributed by atoms with Gasteiger partial charge >= 0.3 is 204 Å². The van der Waals surface area contributed by atoms with Gasteiger partial charge in [0.1, 0.15) is 0 Å². The summed E-state index contributed by atoms with van der Waals surface area (Å²) in [5.74, 6) is 0. The Bertz CT molecular complexity index is 864. The van der Waals surface area contributed by atoms with Crippen molar-refractivity contribution in [3.8, 4) is 0 Å². The average molecular weight is 681 g/mol. The zero-order valence-electron chi connectivity index (χ0n) is 23.5. The van der Waals surface area contributed by atoms with Crippen LogP contribution in [-0.4, -0.2) is 6.16 Å². The fourth-order valence-electron chi connectivity index (χ4n) is 5.65. The first kappa shape index (κ1) is 33.7. The van der Waals surface area contributed by atoms with Crippen LogP contribution in [0, 0.1) is 0 Å². The minimum absolute atomic E-state index is 1.17. The Hall–Kier alpha value is -0.520. The summed E-state index contributed by atoms with van der Waals surface area (Å²) < 4.78 is 0.